The van der Waals surface area contributed by atoms with E-state index in [1.54, 1.807) is 11.8 Å². The highest BCUT2D eigenvalue weighted by atomic mass is 16.2. The van der Waals surface area contributed by atoms with Crippen LogP contribution in [0.4, 0.5) is 0 Å². The molecule has 0 spiro atoms. The summed E-state index contributed by atoms with van der Waals surface area (Å²) in [6.07, 6.45) is 3.92. The summed E-state index contributed by atoms with van der Waals surface area (Å²) < 4.78 is 2.01. The monoisotopic (exact) mass is 356 g/mol. The van der Waals surface area contributed by atoms with Gasteiger partial charge in [-0.3, -0.25) is 9.59 Å². The Balaban J connectivity index is 1.95. The molecule has 2 heterocycles. The number of benzene rings is 1. The van der Waals surface area contributed by atoms with Crippen LogP contribution in [0.15, 0.2) is 24.3 Å². The van der Waals surface area contributed by atoms with E-state index in [1.165, 1.54) is 0 Å². The van der Waals surface area contributed by atoms with Crippen LogP contribution in [0, 0.1) is 0 Å². The average Bonchev–Trinajstić information content (AvgIpc) is 3.24. The molecule has 1 aromatic carbocycles. The van der Waals surface area contributed by atoms with Crippen molar-refractivity contribution in [1.82, 2.24) is 19.4 Å². The van der Waals surface area contributed by atoms with Gasteiger partial charge in [-0.15, -0.1) is 0 Å². The molecule has 6 nitrogen and oxygen atoms in total. The molecule has 1 saturated heterocycles. The van der Waals surface area contributed by atoms with E-state index in [-0.39, 0.29) is 24.4 Å². The number of para-hydroxylation sites is 2. The molecular formula is C20H28N4O2. The van der Waals surface area contributed by atoms with E-state index < -0.39 is 0 Å². The first-order valence-corrected chi connectivity index (χ1v) is 9.49. The summed E-state index contributed by atoms with van der Waals surface area (Å²) in [7, 11) is 1.86. The fourth-order valence-electron chi connectivity index (χ4n) is 3.70. The summed E-state index contributed by atoms with van der Waals surface area (Å²) in [6.45, 7) is 5.51. The second kappa shape index (κ2) is 7.89. The van der Waals surface area contributed by atoms with Gasteiger partial charge in [0.15, 0.2) is 0 Å². The number of likely N-dealkylation sites (N-methyl/N-ethyl adjacent to an activating group) is 1. The number of likely N-dealkylation sites (tertiary alicyclic amines) is 1. The summed E-state index contributed by atoms with van der Waals surface area (Å²) in [6, 6.07) is 7.84. The lowest BCUT2D eigenvalue weighted by Gasteiger charge is -2.24. The Morgan fingerprint density at radius 2 is 2.08 bits per heavy atom. The minimum atomic E-state index is -0.0475. The van der Waals surface area contributed by atoms with Gasteiger partial charge in [-0.25, -0.2) is 4.98 Å². The summed E-state index contributed by atoms with van der Waals surface area (Å²) in [5.74, 6) is 0.976. The van der Waals surface area contributed by atoms with Gasteiger partial charge in [0.25, 0.3) is 0 Å². The topological polar surface area (TPSA) is 58.4 Å². The second-order valence-electron chi connectivity index (χ2n) is 7.08. The number of nitrogens with zero attached hydrogens (tertiary/aromatic N) is 4. The number of carbonyl (C=O) groups excluding carboxylic acids is 2. The van der Waals surface area contributed by atoms with Gasteiger partial charge in [0.05, 0.1) is 17.1 Å². The maximum Gasteiger partial charge on any atom is 0.242 e. The maximum atomic E-state index is 12.7. The van der Waals surface area contributed by atoms with Crippen molar-refractivity contribution < 1.29 is 9.59 Å². The summed E-state index contributed by atoms with van der Waals surface area (Å²) >= 11 is 0. The molecule has 1 aliphatic heterocycles. The van der Waals surface area contributed by atoms with Crippen molar-refractivity contribution in [3.05, 3.63) is 30.1 Å². The van der Waals surface area contributed by atoms with Crippen LogP contribution >= 0.6 is 0 Å². The Hall–Kier alpha value is -2.37. The standard InChI is InChI=1S/C20H28N4O2/c1-4-5-12-22(3)19(26)14-24-17-10-7-6-9-16(17)21-20(24)18-11-8-13-23(18)15(2)25/h6-7,9-10,18H,4-5,8,11-14H2,1-3H3/t18-/m0/s1. The van der Waals surface area contributed by atoms with Crippen LogP contribution in [-0.4, -0.2) is 51.3 Å². The number of fused-ring (bicyclic) bond motifs is 1. The van der Waals surface area contributed by atoms with E-state index in [2.05, 4.69) is 6.92 Å². The molecule has 2 amide bonds. The third kappa shape index (κ3) is 3.59. The zero-order valence-electron chi connectivity index (χ0n) is 15.9. The zero-order valence-corrected chi connectivity index (χ0v) is 15.9. The minimum absolute atomic E-state index is 0.0475. The molecule has 1 atom stereocenters. The predicted octanol–water partition coefficient (Wildman–Crippen LogP) is 2.98. The number of aromatic nitrogens is 2. The van der Waals surface area contributed by atoms with E-state index >= 15 is 0 Å². The first kappa shape index (κ1) is 18.4. The molecule has 0 bridgehead atoms. The largest absolute Gasteiger partial charge is 0.344 e. The first-order valence-electron chi connectivity index (χ1n) is 9.49. The molecule has 0 N–H and O–H groups in total. The third-order valence-electron chi connectivity index (χ3n) is 5.21. The Bertz CT molecular complexity index is 798. The van der Waals surface area contributed by atoms with Crippen molar-refractivity contribution in [2.75, 3.05) is 20.1 Å². The van der Waals surface area contributed by atoms with Crippen LogP contribution in [-0.2, 0) is 16.1 Å². The number of carbonyl (C=O) groups is 2. The van der Waals surface area contributed by atoms with E-state index in [4.69, 9.17) is 4.98 Å². The molecule has 1 aliphatic rings. The van der Waals surface area contributed by atoms with Crippen LogP contribution in [0.25, 0.3) is 11.0 Å². The second-order valence-corrected chi connectivity index (χ2v) is 7.08. The van der Waals surface area contributed by atoms with Crippen LogP contribution in [0.5, 0.6) is 0 Å². The molecule has 1 aromatic heterocycles. The van der Waals surface area contributed by atoms with Gasteiger partial charge in [0.1, 0.15) is 12.4 Å². The molecule has 0 unspecified atom stereocenters. The fourth-order valence-corrected chi connectivity index (χ4v) is 3.70. The van der Waals surface area contributed by atoms with E-state index in [0.717, 1.165) is 55.6 Å². The first-order chi connectivity index (χ1) is 12.5. The number of hydrogen-bond donors (Lipinski definition) is 0. The molecule has 0 aliphatic carbocycles. The van der Waals surface area contributed by atoms with Gasteiger partial charge >= 0.3 is 0 Å². The van der Waals surface area contributed by atoms with E-state index in [9.17, 15) is 9.59 Å². The van der Waals surface area contributed by atoms with Crippen LogP contribution < -0.4 is 0 Å². The normalized spacial score (nSPS) is 17.0. The van der Waals surface area contributed by atoms with Crippen molar-refractivity contribution >= 4 is 22.8 Å². The fraction of sp³-hybridized carbons (Fsp3) is 0.550. The lowest BCUT2D eigenvalue weighted by molar-refractivity contribution is -0.130. The number of hydrogen-bond acceptors (Lipinski definition) is 3. The highest BCUT2D eigenvalue weighted by Gasteiger charge is 2.32. The number of imidazole rings is 1. The average molecular weight is 356 g/mol. The van der Waals surface area contributed by atoms with Gasteiger partial charge in [-0.2, -0.15) is 0 Å². The quantitative estimate of drug-likeness (QED) is 0.799. The lowest BCUT2D eigenvalue weighted by atomic mass is 10.2. The molecule has 3 rings (SSSR count). The Labute approximate surface area is 154 Å². The van der Waals surface area contributed by atoms with Crippen molar-refractivity contribution in [3.63, 3.8) is 0 Å². The number of unbranched alkanes of at least 4 members (excludes halogenated alkanes) is 1. The maximum absolute atomic E-state index is 12.7. The molecule has 26 heavy (non-hydrogen) atoms. The Kier molecular flexibility index (Phi) is 5.59. The van der Waals surface area contributed by atoms with E-state index in [1.807, 2.05) is 40.8 Å². The highest BCUT2D eigenvalue weighted by molar-refractivity contribution is 5.81. The predicted molar refractivity (Wildman–Crippen MR) is 102 cm³/mol. The van der Waals surface area contributed by atoms with Gasteiger partial charge in [0, 0.05) is 27.1 Å². The van der Waals surface area contributed by atoms with Crippen molar-refractivity contribution in [2.24, 2.45) is 0 Å². The summed E-state index contributed by atoms with van der Waals surface area (Å²) in [5, 5.41) is 0. The molecule has 6 heteroatoms. The molecule has 140 valence electrons. The Morgan fingerprint density at radius 3 is 2.81 bits per heavy atom. The Morgan fingerprint density at radius 1 is 1.31 bits per heavy atom. The van der Waals surface area contributed by atoms with Crippen LogP contribution in [0.2, 0.25) is 0 Å². The van der Waals surface area contributed by atoms with Crippen molar-refractivity contribution in [3.8, 4) is 0 Å². The van der Waals surface area contributed by atoms with Crippen molar-refractivity contribution in [1.29, 1.82) is 0 Å². The zero-order chi connectivity index (χ0) is 18.7. The van der Waals surface area contributed by atoms with Gasteiger partial charge in [-0.1, -0.05) is 25.5 Å². The SMILES string of the molecule is CCCCN(C)C(=O)Cn1c([C@@H]2CCCN2C(C)=O)nc2ccccc21. The molecule has 0 radical (unpaired) electrons. The van der Waals surface area contributed by atoms with Gasteiger partial charge in [-0.05, 0) is 31.4 Å². The smallest absolute Gasteiger partial charge is 0.242 e. The van der Waals surface area contributed by atoms with Gasteiger partial charge < -0.3 is 14.4 Å². The van der Waals surface area contributed by atoms with Crippen LogP contribution in [0.1, 0.15) is 51.4 Å². The van der Waals surface area contributed by atoms with Crippen molar-refractivity contribution in [2.45, 2.75) is 52.1 Å². The lowest BCUT2D eigenvalue weighted by Crippen LogP contribution is -2.33. The number of rotatable bonds is 6. The molecule has 2 aromatic rings. The molecule has 1 fully saturated rings. The summed E-state index contributed by atoms with van der Waals surface area (Å²) in [4.78, 5) is 33.2. The van der Waals surface area contributed by atoms with Gasteiger partial charge in [0.2, 0.25) is 11.8 Å². The molecular weight excluding hydrogens is 328 g/mol. The molecule has 0 saturated carbocycles. The van der Waals surface area contributed by atoms with Crippen LogP contribution in [0.3, 0.4) is 0 Å². The van der Waals surface area contributed by atoms with E-state index in [0.29, 0.717) is 0 Å². The third-order valence-corrected chi connectivity index (χ3v) is 5.21. The number of amides is 2. The minimum Gasteiger partial charge on any atom is -0.344 e. The highest BCUT2D eigenvalue weighted by Crippen LogP contribution is 2.33. The summed E-state index contributed by atoms with van der Waals surface area (Å²) in [5.41, 5.74) is 1.83.